The normalized spacial score (nSPS) is 13.6. The minimum atomic E-state index is -1.08. The zero-order valence-electron chi connectivity index (χ0n) is 13.9. The van der Waals surface area contributed by atoms with Crippen molar-refractivity contribution >= 4 is 6.08 Å². The fourth-order valence-electron chi connectivity index (χ4n) is 2.32. The Morgan fingerprint density at radius 3 is 2.36 bits per heavy atom. The third-order valence-electron chi connectivity index (χ3n) is 3.65. The van der Waals surface area contributed by atoms with Gasteiger partial charge in [0.2, 0.25) is 0 Å². The van der Waals surface area contributed by atoms with E-state index >= 15 is 0 Å². The van der Waals surface area contributed by atoms with Crippen LogP contribution >= 0.6 is 0 Å². The second-order valence-electron chi connectivity index (χ2n) is 5.37. The van der Waals surface area contributed by atoms with Gasteiger partial charge in [0.1, 0.15) is 11.9 Å². The van der Waals surface area contributed by atoms with Gasteiger partial charge in [0.15, 0.2) is 17.6 Å². The maximum atomic E-state index is 10.4. The molecule has 0 saturated carbocycles. The van der Waals surface area contributed by atoms with Gasteiger partial charge >= 0.3 is 0 Å². The Morgan fingerprint density at radius 1 is 1.04 bits per heavy atom. The smallest absolute Gasteiger partial charge is 0.161 e. The van der Waals surface area contributed by atoms with Crippen molar-refractivity contribution in [2.24, 2.45) is 0 Å². The first-order valence-electron chi connectivity index (χ1n) is 7.79. The number of aliphatic hydroxyl groups is 3. The zero-order chi connectivity index (χ0) is 18.2. The highest BCUT2D eigenvalue weighted by Gasteiger charge is 2.23. The van der Waals surface area contributed by atoms with E-state index in [9.17, 15) is 15.3 Å². The molecule has 0 aliphatic heterocycles. The largest absolute Gasteiger partial charge is 0.508 e. The molecule has 0 aliphatic carbocycles. The predicted molar refractivity (Wildman–Crippen MR) is 93.7 cm³/mol. The lowest BCUT2D eigenvalue weighted by Gasteiger charge is -2.24. The third kappa shape index (κ3) is 4.96. The van der Waals surface area contributed by atoms with E-state index in [0.29, 0.717) is 17.1 Å². The molecule has 0 fully saturated rings. The lowest BCUT2D eigenvalue weighted by Crippen LogP contribution is -2.29. The second-order valence-corrected chi connectivity index (χ2v) is 5.37. The Hall–Kier alpha value is -2.54. The molecule has 2 rings (SSSR count). The summed E-state index contributed by atoms with van der Waals surface area (Å²) in [7, 11) is 1.49. The standard InChI is InChI=1S/C19H22O6/c1-24-17-11-13(3-2-10-20)4-9-16(17)25-18(12-21)19(23)14-5-7-15(22)8-6-14/h2-9,11,18-23H,10,12H2,1H3/b3-2+/t18-,19-/m1/s1. The third-order valence-corrected chi connectivity index (χ3v) is 3.65. The van der Waals surface area contributed by atoms with Gasteiger partial charge in [-0.2, -0.15) is 0 Å². The zero-order valence-corrected chi connectivity index (χ0v) is 13.9. The number of phenols is 1. The minimum Gasteiger partial charge on any atom is -0.508 e. The van der Waals surface area contributed by atoms with Crippen LogP contribution in [-0.4, -0.2) is 46.9 Å². The van der Waals surface area contributed by atoms with E-state index in [0.717, 1.165) is 5.56 Å². The molecule has 6 nitrogen and oxygen atoms in total. The van der Waals surface area contributed by atoms with Gasteiger partial charge in [0, 0.05) is 0 Å². The summed E-state index contributed by atoms with van der Waals surface area (Å²) in [4.78, 5) is 0. The van der Waals surface area contributed by atoms with E-state index in [2.05, 4.69) is 0 Å². The van der Waals surface area contributed by atoms with E-state index in [1.165, 1.54) is 19.2 Å². The first kappa shape index (κ1) is 18.8. The predicted octanol–water partition coefficient (Wildman–Crippen LogP) is 1.88. The van der Waals surface area contributed by atoms with Crippen LogP contribution in [0.4, 0.5) is 0 Å². The van der Waals surface area contributed by atoms with Crippen molar-refractivity contribution in [3.63, 3.8) is 0 Å². The van der Waals surface area contributed by atoms with Crippen molar-refractivity contribution in [1.29, 1.82) is 0 Å². The van der Waals surface area contributed by atoms with Gasteiger partial charge in [-0.15, -0.1) is 0 Å². The highest BCUT2D eigenvalue weighted by molar-refractivity contribution is 5.56. The number of rotatable bonds is 8. The Morgan fingerprint density at radius 2 is 1.76 bits per heavy atom. The van der Waals surface area contributed by atoms with Gasteiger partial charge in [0.05, 0.1) is 20.3 Å². The number of methoxy groups -OCH3 is 1. The first-order chi connectivity index (χ1) is 12.1. The van der Waals surface area contributed by atoms with Crippen LogP contribution in [0.25, 0.3) is 6.08 Å². The molecule has 6 heteroatoms. The van der Waals surface area contributed by atoms with Gasteiger partial charge in [-0.25, -0.2) is 0 Å². The van der Waals surface area contributed by atoms with Crippen LogP contribution in [0.3, 0.4) is 0 Å². The summed E-state index contributed by atoms with van der Waals surface area (Å²) < 4.78 is 11.0. The van der Waals surface area contributed by atoms with Crippen molar-refractivity contribution < 1.29 is 29.9 Å². The SMILES string of the molecule is COc1cc(/C=C/CO)ccc1O[C@H](CO)[C@H](O)c1ccc(O)cc1. The van der Waals surface area contributed by atoms with Crippen molar-refractivity contribution in [1.82, 2.24) is 0 Å². The van der Waals surface area contributed by atoms with Crippen LogP contribution in [0.5, 0.6) is 17.2 Å². The van der Waals surface area contributed by atoms with E-state index in [1.807, 2.05) is 0 Å². The summed E-state index contributed by atoms with van der Waals surface area (Å²) in [6, 6.07) is 11.2. The summed E-state index contributed by atoms with van der Waals surface area (Å²) in [5.74, 6) is 0.905. The van der Waals surface area contributed by atoms with Crippen LogP contribution < -0.4 is 9.47 Å². The number of aromatic hydroxyl groups is 1. The molecule has 0 aromatic heterocycles. The topological polar surface area (TPSA) is 99.4 Å². The molecule has 25 heavy (non-hydrogen) atoms. The summed E-state index contributed by atoms with van der Waals surface area (Å²) >= 11 is 0. The van der Waals surface area contributed by atoms with Crippen LogP contribution in [0, 0.1) is 0 Å². The molecule has 0 radical (unpaired) electrons. The molecule has 0 unspecified atom stereocenters. The summed E-state index contributed by atoms with van der Waals surface area (Å²) in [6.07, 6.45) is 1.35. The molecule has 2 aromatic carbocycles. The highest BCUT2D eigenvalue weighted by atomic mass is 16.5. The lowest BCUT2D eigenvalue weighted by molar-refractivity contribution is -0.000423. The molecule has 0 aliphatic rings. The lowest BCUT2D eigenvalue weighted by atomic mass is 10.0. The minimum absolute atomic E-state index is 0.0635. The fourth-order valence-corrected chi connectivity index (χ4v) is 2.32. The van der Waals surface area contributed by atoms with Crippen molar-refractivity contribution in [3.8, 4) is 17.2 Å². The van der Waals surface area contributed by atoms with E-state index in [1.54, 1.807) is 42.5 Å². The van der Waals surface area contributed by atoms with Gasteiger partial charge in [-0.3, -0.25) is 0 Å². The Bertz CT molecular complexity index is 696. The number of ether oxygens (including phenoxy) is 2. The molecule has 0 saturated heterocycles. The maximum absolute atomic E-state index is 10.4. The summed E-state index contributed by atoms with van der Waals surface area (Å²) in [6.45, 7) is -0.469. The molecule has 0 spiro atoms. The highest BCUT2D eigenvalue weighted by Crippen LogP contribution is 2.32. The molecule has 4 N–H and O–H groups in total. The quantitative estimate of drug-likeness (QED) is 0.582. The monoisotopic (exact) mass is 346 g/mol. The van der Waals surface area contributed by atoms with Crippen molar-refractivity contribution in [2.75, 3.05) is 20.3 Å². The van der Waals surface area contributed by atoms with Gasteiger partial charge in [0.25, 0.3) is 0 Å². The Kier molecular flexibility index (Phi) is 6.82. The van der Waals surface area contributed by atoms with E-state index in [-0.39, 0.29) is 12.4 Å². The Balaban J connectivity index is 2.20. The molecule has 0 heterocycles. The fraction of sp³-hybridized carbons (Fsp3) is 0.263. The molecule has 134 valence electrons. The number of aliphatic hydroxyl groups excluding tert-OH is 3. The van der Waals surface area contributed by atoms with Crippen LogP contribution in [-0.2, 0) is 0 Å². The van der Waals surface area contributed by atoms with Gasteiger partial charge < -0.3 is 29.9 Å². The molecular formula is C19H22O6. The summed E-state index contributed by atoms with van der Waals surface area (Å²) in [5, 5.41) is 38.2. The molecular weight excluding hydrogens is 324 g/mol. The maximum Gasteiger partial charge on any atom is 0.161 e. The number of hydrogen-bond donors (Lipinski definition) is 4. The van der Waals surface area contributed by atoms with Crippen LogP contribution in [0.1, 0.15) is 17.2 Å². The number of benzene rings is 2. The van der Waals surface area contributed by atoms with E-state index < -0.39 is 18.8 Å². The van der Waals surface area contributed by atoms with Crippen molar-refractivity contribution in [2.45, 2.75) is 12.2 Å². The average Bonchev–Trinajstić information content (AvgIpc) is 2.64. The number of phenolic OH excluding ortho intramolecular Hbond substituents is 1. The van der Waals surface area contributed by atoms with Gasteiger partial charge in [-0.05, 0) is 35.4 Å². The van der Waals surface area contributed by atoms with Crippen LogP contribution in [0.2, 0.25) is 0 Å². The molecule has 0 bridgehead atoms. The average molecular weight is 346 g/mol. The van der Waals surface area contributed by atoms with Crippen LogP contribution in [0.15, 0.2) is 48.5 Å². The Labute approximate surface area is 146 Å². The molecule has 2 atom stereocenters. The molecule has 0 amide bonds. The molecule has 2 aromatic rings. The number of hydrogen-bond acceptors (Lipinski definition) is 6. The summed E-state index contributed by atoms with van der Waals surface area (Å²) in [5.41, 5.74) is 1.33. The van der Waals surface area contributed by atoms with Crippen molar-refractivity contribution in [3.05, 3.63) is 59.7 Å². The second kappa shape index (κ2) is 9.08. The first-order valence-corrected chi connectivity index (χ1v) is 7.79. The van der Waals surface area contributed by atoms with Gasteiger partial charge in [-0.1, -0.05) is 30.4 Å². The van der Waals surface area contributed by atoms with E-state index in [4.69, 9.17) is 14.6 Å².